The molecule has 0 bridgehead atoms. The molecular weight excluding hydrogens is 328 g/mol. The van der Waals surface area contributed by atoms with Crippen molar-refractivity contribution in [1.29, 1.82) is 0 Å². The molecule has 122 valence electrons. The van der Waals surface area contributed by atoms with Crippen LogP contribution in [0.3, 0.4) is 0 Å². The summed E-state index contributed by atoms with van der Waals surface area (Å²) in [7, 11) is -2.92. The van der Waals surface area contributed by atoms with Gasteiger partial charge in [0, 0.05) is 6.07 Å². The van der Waals surface area contributed by atoms with Gasteiger partial charge in [-0.25, -0.2) is 4.79 Å². The Labute approximate surface area is 131 Å². The number of carboxylic acid groups (broad SMARTS) is 1. The number of carboxylic acids is 1. The molecule has 2 rings (SSSR count). The highest BCUT2D eigenvalue weighted by Crippen LogP contribution is 2.38. The second-order valence-corrected chi connectivity index (χ2v) is 5.91. The summed E-state index contributed by atoms with van der Waals surface area (Å²) < 4.78 is 33.9. The molecule has 9 heteroatoms. The van der Waals surface area contributed by atoms with Crippen LogP contribution in [0.25, 0.3) is 0 Å². The van der Waals surface area contributed by atoms with E-state index in [1.165, 1.54) is 31.4 Å². The molecule has 0 aliphatic heterocycles. The van der Waals surface area contributed by atoms with Gasteiger partial charge in [0.1, 0.15) is 10.6 Å². The van der Waals surface area contributed by atoms with Crippen LogP contribution in [0.2, 0.25) is 0 Å². The molecule has 0 fully saturated rings. The van der Waals surface area contributed by atoms with Gasteiger partial charge in [0.25, 0.3) is 0 Å². The Balaban J connectivity index is 2.42. The molecule has 8 nitrogen and oxygen atoms in total. The SMILES string of the molecule is COc1ccc(S(=O)(=O)Oc2cc(C(=O)O)cc(O)c2O)cc1. The Bertz CT molecular complexity index is 840. The Morgan fingerprint density at radius 2 is 1.70 bits per heavy atom. The Kier molecular flexibility index (Phi) is 4.32. The summed E-state index contributed by atoms with van der Waals surface area (Å²) >= 11 is 0. The van der Waals surface area contributed by atoms with Crippen molar-refractivity contribution in [2.75, 3.05) is 7.11 Å². The smallest absolute Gasteiger partial charge is 0.339 e. The number of hydrogen-bond donors (Lipinski definition) is 3. The van der Waals surface area contributed by atoms with Crippen LogP contribution in [-0.4, -0.2) is 36.8 Å². The van der Waals surface area contributed by atoms with Crippen LogP contribution >= 0.6 is 0 Å². The van der Waals surface area contributed by atoms with E-state index in [9.17, 15) is 23.4 Å². The lowest BCUT2D eigenvalue weighted by Crippen LogP contribution is -2.10. The van der Waals surface area contributed by atoms with Crippen molar-refractivity contribution in [3.63, 3.8) is 0 Å². The third-order valence-electron chi connectivity index (χ3n) is 2.85. The number of phenolic OH excluding ortho intramolecular Hbond substituents is 2. The number of ether oxygens (including phenoxy) is 1. The fourth-order valence-electron chi connectivity index (χ4n) is 1.69. The van der Waals surface area contributed by atoms with E-state index in [1.54, 1.807) is 0 Å². The zero-order valence-corrected chi connectivity index (χ0v) is 12.6. The maximum absolute atomic E-state index is 12.1. The van der Waals surface area contributed by atoms with E-state index in [-0.39, 0.29) is 4.90 Å². The molecule has 23 heavy (non-hydrogen) atoms. The molecular formula is C14H12O8S. The van der Waals surface area contributed by atoms with Gasteiger partial charge in [-0.1, -0.05) is 0 Å². The maximum atomic E-state index is 12.1. The molecule has 3 N–H and O–H groups in total. The van der Waals surface area contributed by atoms with E-state index in [4.69, 9.17) is 14.0 Å². The molecule has 2 aromatic rings. The molecule has 0 unspecified atom stereocenters. The summed E-state index contributed by atoms with van der Waals surface area (Å²) in [5, 5.41) is 28.0. The van der Waals surface area contributed by atoms with E-state index >= 15 is 0 Å². The second-order valence-electron chi connectivity index (χ2n) is 4.36. The van der Waals surface area contributed by atoms with Crippen LogP contribution in [-0.2, 0) is 10.1 Å². The fourth-order valence-corrected chi connectivity index (χ4v) is 2.62. The van der Waals surface area contributed by atoms with Gasteiger partial charge in [0.05, 0.1) is 12.7 Å². The van der Waals surface area contributed by atoms with E-state index < -0.39 is 38.9 Å². The minimum absolute atomic E-state index is 0.238. The highest BCUT2D eigenvalue weighted by molar-refractivity contribution is 7.87. The summed E-state index contributed by atoms with van der Waals surface area (Å²) in [6.07, 6.45) is 0. The van der Waals surface area contributed by atoms with Crippen molar-refractivity contribution in [2.45, 2.75) is 4.90 Å². The third-order valence-corrected chi connectivity index (χ3v) is 4.10. The standard InChI is InChI=1S/C14H12O8S/c1-21-9-2-4-10(5-3-9)23(19,20)22-12-7-8(14(17)18)6-11(15)13(12)16/h2-7,15-16H,1H3,(H,17,18). The van der Waals surface area contributed by atoms with Gasteiger partial charge in [-0.15, -0.1) is 0 Å². The van der Waals surface area contributed by atoms with Gasteiger partial charge < -0.3 is 24.2 Å². The van der Waals surface area contributed by atoms with Crippen molar-refractivity contribution in [2.24, 2.45) is 0 Å². The van der Waals surface area contributed by atoms with Gasteiger partial charge in [0.2, 0.25) is 5.75 Å². The average Bonchev–Trinajstić information content (AvgIpc) is 2.51. The van der Waals surface area contributed by atoms with E-state index in [0.717, 1.165) is 12.1 Å². The van der Waals surface area contributed by atoms with Gasteiger partial charge >= 0.3 is 16.1 Å². The van der Waals surface area contributed by atoms with Crippen LogP contribution in [0.5, 0.6) is 23.0 Å². The monoisotopic (exact) mass is 340 g/mol. The van der Waals surface area contributed by atoms with Gasteiger partial charge in [-0.05, 0) is 30.3 Å². The van der Waals surface area contributed by atoms with Gasteiger partial charge in [-0.3, -0.25) is 0 Å². The maximum Gasteiger partial charge on any atom is 0.339 e. The molecule has 0 saturated heterocycles. The molecule has 0 heterocycles. The Hall–Kier alpha value is -2.94. The predicted octanol–water partition coefficient (Wildman–Crippen LogP) is 1.57. The van der Waals surface area contributed by atoms with E-state index in [2.05, 4.69) is 0 Å². The Morgan fingerprint density at radius 1 is 1.09 bits per heavy atom. The topological polar surface area (TPSA) is 130 Å². The van der Waals surface area contributed by atoms with Gasteiger partial charge in [0.15, 0.2) is 11.5 Å². The molecule has 0 radical (unpaired) electrons. The fraction of sp³-hybridized carbons (Fsp3) is 0.0714. The van der Waals surface area contributed by atoms with Crippen LogP contribution in [0.1, 0.15) is 10.4 Å². The van der Waals surface area contributed by atoms with Crippen LogP contribution in [0.4, 0.5) is 0 Å². The zero-order valence-electron chi connectivity index (χ0n) is 11.8. The van der Waals surface area contributed by atoms with Crippen molar-refractivity contribution in [1.82, 2.24) is 0 Å². The average molecular weight is 340 g/mol. The van der Waals surface area contributed by atoms with Crippen molar-refractivity contribution in [3.8, 4) is 23.0 Å². The minimum atomic E-state index is -4.34. The number of carbonyl (C=O) groups is 1. The van der Waals surface area contributed by atoms with E-state index in [1.807, 2.05) is 0 Å². The molecule has 0 aliphatic carbocycles. The number of phenols is 2. The lowest BCUT2D eigenvalue weighted by molar-refractivity contribution is 0.0696. The number of aromatic hydroxyl groups is 2. The highest BCUT2D eigenvalue weighted by Gasteiger charge is 2.22. The van der Waals surface area contributed by atoms with E-state index in [0.29, 0.717) is 5.75 Å². The number of hydrogen-bond acceptors (Lipinski definition) is 7. The van der Waals surface area contributed by atoms with Crippen molar-refractivity contribution >= 4 is 16.1 Å². The van der Waals surface area contributed by atoms with Crippen molar-refractivity contribution < 1.29 is 37.5 Å². The first-order valence-corrected chi connectivity index (χ1v) is 7.53. The van der Waals surface area contributed by atoms with Crippen molar-refractivity contribution in [3.05, 3.63) is 42.0 Å². The first-order chi connectivity index (χ1) is 10.7. The lowest BCUT2D eigenvalue weighted by atomic mass is 10.2. The van der Waals surface area contributed by atoms with Gasteiger partial charge in [-0.2, -0.15) is 8.42 Å². The number of aromatic carboxylic acids is 1. The number of rotatable bonds is 5. The largest absolute Gasteiger partial charge is 0.504 e. The molecule has 0 spiro atoms. The molecule has 0 aliphatic rings. The second kappa shape index (κ2) is 6.05. The zero-order chi connectivity index (χ0) is 17.2. The summed E-state index contributed by atoms with van der Waals surface area (Å²) in [6, 6.07) is 6.77. The summed E-state index contributed by atoms with van der Waals surface area (Å²) in [4.78, 5) is 10.7. The lowest BCUT2D eigenvalue weighted by Gasteiger charge is -2.10. The van der Waals surface area contributed by atoms with Crippen LogP contribution in [0.15, 0.2) is 41.3 Å². The third kappa shape index (κ3) is 3.46. The van der Waals surface area contributed by atoms with Crippen LogP contribution < -0.4 is 8.92 Å². The molecule has 0 aromatic heterocycles. The molecule has 0 atom stereocenters. The highest BCUT2D eigenvalue weighted by atomic mass is 32.2. The molecule has 0 amide bonds. The number of benzene rings is 2. The molecule has 2 aromatic carbocycles. The summed E-state index contributed by atoms with van der Waals surface area (Å²) in [5.74, 6) is -3.39. The first kappa shape index (κ1) is 16.4. The Morgan fingerprint density at radius 3 is 2.22 bits per heavy atom. The minimum Gasteiger partial charge on any atom is -0.504 e. The quantitative estimate of drug-likeness (QED) is 0.552. The predicted molar refractivity (Wildman–Crippen MR) is 77.5 cm³/mol. The normalized spacial score (nSPS) is 11.0. The number of methoxy groups -OCH3 is 1. The first-order valence-electron chi connectivity index (χ1n) is 6.12. The van der Waals surface area contributed by atoms with Crippen LogP contribution in [0, 0.1) is 0 Å². The summed E-state index contributed by atoms with van der Waals surface area (Å²) in [5.41, 5.74) is -0.444. The summed E-state index contributed by atoms with van der Waals surface area (Å²) in [6.45, 7) is 0. The molecule has 0 saturated carbocycles.